The summed E-state index contributed by atoms with van der Waals surface area (Å²) in [5.41, 5.74) is 2.55. The van der Waals surface area contributed by atoms with Gasteiger partial charge in [-0.05, 0) is 35.6 Å². The van der Waals surface area contributed by atoms with Crippen LogP contribution in [0.25, 0.3) is 10.9 Å². The lowest BCUT2D eigenvalue weighted by Gasteiger charge is -2.12. The zero-order chi connectivity index (χ0) is 11.7. The van der Waals surface area contributed by atoms with Gasteiger partial charge in [0.2, 0.25) is 0 Å². The van der Waals surface area contributed by atoms with Crippen LogP contribution >= 0.6 is 11.3 Å². The highest BCUT2D eigenvalue weighted by atomic mass is 32.1. The molecule has 2 aromatic heterocycles. The van der Waals surface area contributed by atoms with E-state index in [2.05, 4.69) is 41.2 Å². The Morgan fingerprint density at radius 2 is 2.29 bits per heavy atom. The zero-order valence-electron chi connectivity index (χ0n) is 9.68. The third-order valence-electron chi connectivity index (χ3n) is 3.14. The molecule has 0 spiro atoms. The highest BCUT2D eigenvalue weighted by Crippen LogP contribution is 2.30. The molecule has 0 amide bonds. The van der Waals surface area contributed by atoms with E-state index in [1.54, 1.807) is 11.3 Å². The summed E-state index contributed by atoms with van der Waals surface area (Å²) in [4.78, 5) is 7.67. The van der Waals surface area contributed by atoms with Crippen LogP contribution in [0.3, 0.4) is 0 Å². The largest absolute Gasteiger partial charge is 0.361 e. The lowest BCUT2D eigenvalue weighted by molar-refractivity contribution is 0.770. The normalized spacial score (nSPS) is 13.0. The molecule has 0 fully saturated rings. The van der Waals surface area contributed by atoms with E-state index in [0.717, 1.165) is 6.42 Å². The molecule has 17 heavy (non-hydrogen) atoms. The predicted octanol–water partition coefficient (Wildman–Crippen LogP) is 4.17. The van der Waals surface area contributed by atoms with Gasteiger partial charge in [0.15, 0.2) is 0 Å². The monoisotopic (exact) mass is 242 g/mol. The first kappa shape index (κ1) is 10.5. The van der Waals surface area contributed by atoms with Crippen molar-refractivity contribution < 1.29 is 0 Å². The van der Waals surface area contributed by atoms with Crippen LogP contribution in [-0.2, 0) is 0 Å². The van der Waals surface area contributed by atoms with Crippen LogP contribution in [0.4, 0.5) is 0 Å². The number of fused-ring (bicyclic) bond motifs is 1. The maximum Gasteiger partial charge on any atom is 0.0999 e. The number of nitrogens with one attached hydrogen (secondary N) is 1. The standard InChI is InChI=1S/C14H14N2S/c1-2-12(14-16-7-8-17-14)10-3-4-13-11(9-10)5-6-15-13/h3-9,12,15H,2H2,1H3. The van der Waals surface area contributed by atoms with E-state index in [0.29, 0.717) is 5.92 Å². The molecule has 0 aliphatic carbocycles. The highest BCUT2D eigenvalue weighted by Gasteiger charge is 2.14. The number of hydrogen-bond donors (Lipinski definition) is 1. The maximum atomic E-state index is 4.44. The molecule has 3 aromatic rings. The number of rotatable bonds is 3. The van der Waals surface area contributed by atoms with Crippen molar-refractivity contribution in [1.82, 2.24) is 9.97 Å². The molecule has 1 aromatic carbocycles. The molecule has 0 aliphatic rings. The molecule has 1 unspecified atom stereocenters. The number of nitrogens with zero attached hydrogens (tertiary/aromatic N) is 1. The fraction of sp³-hybridized carbons (Fsp3) is 0.214. The molecular weight excluding hydrogens is 228 g/mol. The smallest absolute Gasteiger partial charge is 0.0999 e. The first-order valence-electron chi connectivity index (χ1n) is 5.85. The van der Waals surface area contributed by atoms with Gasteiger partial charge in [0.05, 0.1) is 5.01 Å². The first-order chi connectivity index (χ1) is 8.38. The van der Waals surface area contributed by atoms with E-state index in [1.807, 2.05) is 17.8 Å². The number of hydrogen-bond acceptors (Lipinski definition) is 2. The molecule has 0 radical (unpaired) electrons. The van der Waals surface area contributed by atoms with Crippen molar-refractivity contribution in [2.45, 2.75) is 19.3 Å². The topological polar surface area (TPSA) is 28.7 Å². The zero-order valence-corrected chi connectivity index (χ0v) is 10.5. The summed E-state index contributed by atoms with van der Waals surface area (Å²) in [7, 11) is 0. The Kier molecular flexibility index (Phi) is 2.69. The fourth-order valence-corrected chi connectivity index (χ4v) is 3.10. The Hall–Kier alpha value is -1.61. The summed E-state index contributed by atoms with van der Waals surface area (Å²) in [6.45, 7) is 2.22. The van der Waals surface area contributed by atoms with E-state index in [9.17, 15) is 0 Å². The number of benzene rings is 1. The SMILES string of the molecule is CCC(c1ccc2[nH]ccc2c1)c1nccs1. The van der Waals surface area contributed by atoms with Crippen LogP contribution in [0.2, 0.25) is 0 Å². The molecule has 2 heterocycles. The van der Waals surface area contributed by atoms with E-state index >= 15 is 0 Å². The van der Waals surface area contributed by atoms with Crippen molar-refractivity contribution in [3.63, 3.8) is 0 Å². The van der Waals surface area contributed by atoms with Gasteiger partial charge >= 0.3 is 0 Å². The average molecular weight is 242 g/mol. The second kappa shape index (κ2) is 4.34. The summed E-state index contributed by atoms with van der Waals surface area (Å²) in [5.74, 6) is 0.425. The number of aromatic amines is 1. The van der Waals surface area contributed by atoms with Crippen LogP contribution in [0, 0.1) is 0 Å². The Balaban J connectivity index is 2.06. The number of H-pyrrole nitrogens is 1. The van der Waals surface area contributed by atoms with Gasteiger partial charge in [0, 0.05) is 29.2 Å². The number of thiazole rings is 1. The first-order valence-corrected chi connectivity index (χ1v) is 6.73. The molecule has 3 heteroatoms. The molecule has 86 valence electrons. The molecule has 1 atom stereocenters. The quantitative estimate of drug-likeness (QED) is 0.733. The van der Waals surface area contributed by atoms with Crippen molar-refractivity contribution in [2.75, 3.05) is 0 Å². The Bertz CT molecular complexity index is 610. The molecule has 1 N–H and O–H groups in total. The molecule has 3 rings (SSSR count). The molecule has 0 saturated carbocycles. The van der Waals surface area contributed by atoms with Crippen molar-refractivity contribution in [1.29, 1.82) is 0 Å². The van der Waals surface area contributed by atoms with Crippen molar-refractivity contribution in [2.24, 2.45) is 0 Å². The van der Waals surface area contributed by atoms with E-state index in [-0.39, 0.29) is 0 Å². The van der Waals surface area contributed by atoms with Crippen LogP contribution in [0.15, 0.2) is 42.0 Å². The van der Waals surface area contributed by atoms with E-state index in [4.69, 9.17) is 0 Å². The lowest BCUT2D eigenvalue weighted by atomic mass is 9.96. The van der Waals surface area contributed by atoms with Gasteiger partial charge in [-0.25, -0.2) is 4.98 Å². The van der Waals surface area contributed by atoms with Crippen LogP contribution in [0.1, 0.15) is 29.8 Å². The summed E-state index contributed by atoms with van der Waals surface area (Å²) in [5, 5.41) is 4.53. The van der Waals surface area contributed by atoms with Crippen molar-refractivity contribution in [3.05, 3.63) is 52.6 Å². The minimum atomic E-state index is 0.425. The minimum Gasteiger partial charge on any atom is -0.361 e. The van der Waals surface area contributed by atoms with Crippen LogP contribution in [0.5, 0.6) is 0 Å². The fourth-order valence-electron chi connectivity index (χ4n) is 2.25. The van der Waals surface area contributed by atoms with Gasteiger partial charge in [-0.3, -0.25) is 0 Å². The molecular formula is C14H14N2S. The number of aromatic nitrogens is 2. The van der Waals surface area contributed by atoms with Gasteiger partial charge in [0.1, 0.15) is 0 Å². The molecule has 0 aliphatic heterocycles. The maximum absolute atomic E-state index is 4.44. The van der Waals surface area contributed by atoms with E-state index in [1.165, 1.54) is 21.5 Å². The third kappa shape index (κ3) is 1.87. The van der Waals surface area contributed by atoms with Crippen molar-refractivity contribution >= 4 is 22.2 Å². The van der Waals surface area contributed by atoms with Gasteiger partial charge in [-0.2, -0.15) is 0 Å². The summed E-state index contributed by atoms with van der Waals surface area (Å²) in [6.07, 6.45) is 4.96. The summed E-state index contributed by atoms with van der Waals surface area (Å²) < 4.78 is 0. The van der Waals surface area contributed by atoms with Crippen LogP contribution < -0.4 is 0 Å². The van der Waals surface area contributed by atoms with Crippen molar-refractivity contribution in [3.8, 4) is 0 Å². The molecule has 0 saturated heterocycles. The van der Waals surface area contributed by atoms with Gasteiger partial charge < -0.3 is 4.98 Å². The lowest BCUT2D eigenvalue weighted by Crippen LogP contribution is -1.98. The third-order valence-corrected chi connectivity index (χ3v) is 4.03. The Morgan fingerprint density at radius 1 is 1.35 bits per heavy atom. The van der Waals surface area contributed by atoms with E-state index < -0.39 is 0 Å². The minimum absolute atomic E-state index is 0.425. The second-order valence-corrected chi connectivity index (χ2v) is 5.08. The summed E-state index contributed by atoms with van der Waals surface area (Å²) >= 11 is 1.74. The van der Waals surface area contributed by atoms with Gasteiger partial charge in [-0.1, -0.05) is 13.0 Å². The highest BCUT2D eigenvalue weighted by molar-refractivity contribution is 7.09. The Labute approximate surface area is 104 Å². The summed E-state index contributed by atoms with van der Waals surface area (Å²) in [6, 6.07) is 8.74. The predicted molar refractivity (Wildman–Crippen MR) is 72.5 cm³/mol. The second-order valence-electron chi connectivity index (χ2n) is 4.16. The average Bonchev–Trinajstić information content (AvgIpc) is 2.99. The molecule has 2 nitrogen and oxygen atoms in total. The van der Waals surface area contributed by atoms with Gasteiger partial charge in [-0.15, -0.1) is 11.3 Å². The van der Waals surface area contributed by atoms with Gasteiger partial charge in [0.25, 0.3) is 0 Å². The molecule has 0 bridgehead atoms. The van der Waals surface area contributed by atoms with Crippen LogP contribution in [-0.4, -0.2) is 9.97 Å². The Morgan fingerprint density at radius 3 is 3.06 bits per heavy atom.